The monoisotopic (exact) mass is 363 g/mol. The average molecular weight is 363 g/mol. The number of rotatable bonds is 4. The Labute approximate surface area is 151 Å². The Morgan fingerprint density at radius 2 is 2.14 bits per heavy atom. The number of benzene rings is 1. The molecule has 2 rings (SSSR count). The maximum Gasteiger partial charge on any atom is 0.225 e. The van der Waals surface area contributed by atoms with Gasteiger partial charge in [-0.15, -0.1) is 22.9 Å². The number of allylic oxidation sites excluding steroid dienone is 1. The van der Waals surface area contributed by atoms with E-state index in [2.05, 4.69) is 6.08 Å². The number of nitrogens with zero attached hydrogens (tertiary/aromatic N) is 1. The number of ether oxygens (including phenoxy) is 2. The van der Waals surface area contributed by atoms with Crippen LogP contribution in [0, 0.1) is 18.9 Å². The second-order valence-corrected chi connectivity index (χ2v) is 5.06. The van der Waals surface area contributed by atoms with Crippen LogP contribution in [-0.2, 0) is 42.2 Å². The van der Waals surface area contributed by atoms with Crippen LogP contribution in [0.1, 0.15) is 24.5 Å². The molecule has 1 aromatic carbocycles. The SMILES string of the molecule is COCOc1ccc(C2=[C-]CC(C)C(=O)N2C)c(C)c1.[Y]. The van der Waals surface area contributed by atoms with Gasteiger partial charge in [-0.05, 0) is 12.1 Å². The van der Waals surface area contributed by atoms with Crippen molar-refractivity contribution in [3.05, 3.63) is 35.4 Å². The van der Waals surface area contributed by atoms with Crippen molar-refractivity contribution >= 4 is 11.6 Å². The van der Waals surface area contributed by atoms with Crippen LogP contribution in [0.15, 0.2) is 18.2 Å². The first-order valence-electron chi connectivity index (χ1n) is 6.65. The minimum Gasteiger partial charge on any atom is -0.468 e. The van der Waals surface area contributed by atoms with Gasteiger partial charge in [0.1, 0.15) is 5.75 Å². The van der Waals surface area contributed by atoms with Crippen LogP contribution in [-0.4, -0.2) is 31.8 Å². The summed E-state index contributed by atoms with van der Waals surface area (Å²) in [6, 6.07) is 5.79. The minimum atomic E-state index is 0. The molecule has 1 amide bonds. The average Bonchev–Trinajstić information content (AvgIpc) is 2.44. The normalized spacial score (nSPS) is 18.1. The summed E-state index contributed by atoms with van der Waals surface area (Å²) >= 11 is 0. The first-order valence-corrected chi connectivity index (χ1v) is 6.65. The Morgan fingerprint density at radius 1 is 1.43 bits per heavy atom. The van der Waals surface area contributed by atoms with E-state index in [-0.39, 0.29) is 51.3 Å². The smallest absolute Gasteiger partial charge is 0.225 e. The minimum absolute atomic E-state index is 0. The van der Waals surface area contributed by atoms with Crippen molar-refractivity contribution in [1.82, 2.24) is 4.90 Å². The number of hydrogen-bond donors (Lipinski definition) is 0. The molecule has 1 aliphatic heterocycles. The van der Waals surface area contributed by atoms with Crippen LogP contribution in [0.25, 0.3) is 5.70 Å². The van der Waals surface area contributed by atoms with Crippen LogP contribution in [0.2, 0.25) is 0 Å². The Bertz CT molecular complexity index is 542. The van der Waals surface area contributed by atoms with Gasteiger partial charge in [0, 0.05) is 52.8 Å². The summed E-state index contributed by atoms with van der Waals surface area (Å²) < 4.78 is 10.3. The van der Waals surface area contributed by atoms with E-state index in [9.17, 15) is 4.79 Å². The predicted octanol–water partition coefficient (Wildman–Crippen LogP) is 2.62. The van der Waals surface area contributed by atoms with Gasteiger partial charge in [0.15, 0.2) is 6.79 Å². The molecule has 21 heavy (non-hydrogen) atoms. The van der Waals surface area contributed by atoms with Crippen molar-refractivity contribution in [3.8, 4) is 5.75 Å². The van der Waals surface area contributed by atoms with E-state index < -0.39 is 0 Å². The summed E-state index contributed by atoms with van der Waals surface area (Å²) in [6.45, 7) is 4.15. The summed E-state index contributed by atoms with van der Waals surface area (Å²) in [5, 5.41) is 0. The standard InChI is InChI=1S/C16H20NO3.Y/c1-11-5-8-15(17(3)16(11)18)14-7-6-13(9-12(14)2)20-10-19-4;/h6-7,9,11H,5,10H2,1-4H3;/q-1;. The summed E-state index contributed by atoms with van der Waals surface area (Å²) in [7, 11) is 3.39. The largest absolute Gasteiger partial charge is 0.468 e. The molecule has 1 radical (unpaired) electrons. The van der Waals surface area contributed by atoms with Crippen molar-refractivity contribution in [1.29, 1.82) is 0 Å². The van der Waals surface area contributed by atoms with E-state index in [0.717, 1.165) is 22.6 Å². The zero-order valence-electron chi connectivity index (χ0n) is 13.0. The molecule has 0 aromatic heterocycles. The molecule has 0 saturated heterocycles. The Kier molecular flexibility index (Phi) is 7.05. The molecule has 0 saturated carbocycles. The number of aryl methyl sites for hydroxylation is 1. The van der Waals surface area contributed by atoms with Crippen LogP contribution in [0.3, 0.4) is 0 Å². The number of carbonyl (C=O) groups excluding carboxylic acids is 1. The molecule has 0 aliphatic carbocycles. The molecule has 4 nitrogen and oxygen atoms in total. The topological polar surface area (TPSA) is 38.8 Å². The Morgan fingerprint density at radius 3 is 2.76 bits per heavy atom. The zero-order valence-corrected chi connectivity index (χ0v) is 15.8. The Balaban J connectivity index is 0.00000220. The molecular formula is C16H20NO3Y-. The van der Waals surface area contributed by atoms with Gasteiger partial charge in [-0.25, -0.2) is 6.08 Å². The second-order valence-electron chi connectivity index (χ2n) is 5.06. The molecule has 0 spiro atoms. The molecule has 1 aliphatic rings. The van der Waals surface area contributed by atoms with Gasteiger partial charge < -0.3 is 14.4 Å². The number of carbonyl (C=O) groups is 1. The molecule has 1 atom stereocenters. The molecular weight excluding hydrogens is 343 g/mol. The quantitative estimate of drug-likeness (QED) is 0.610. The molecule has 0 bridgehead atoms. The summed E-state index contributed by atoms with van der Waals surface area (Å²) in [6.07, 6.45) is 3.99. The summed E-state index contributed by atoms with van der Waals surface area (Å²) in [4.78, 5) is 13.7. The van der Waals surface area contributed by atoms with Crippen molar-refractivity contribution in [2.75, 3.05) is 21.0 Å². The van der Waals surface area contributed by atoms with Crippen LogP contribution < -0.4 is 4.74 Å². The summed E-state index contributed by atoms with van der Waals surface area (Å²) in [5.41, 5.74) is 2.91. The van der Waals surface area contributed by atoms with Gasteiger partial charge in [-0.2, -0.15) is 0 Å². The van der Waals surface area contributed by atoms with Gasteiger partial charge in [0.05, 0.1) is 0 Å². The van der Waals surface area contributed by atoms with Gasteiger partial charge in [0.25, 0.3) is 0 Å². The maximum absolute atomic E-state index is 12.1. The van der Waals surface area contributed by atoms with Crippen molar-refractivity contribution in [2.45, 2.75) is 20.3 Å². The van der Waals surface area contributed by atoms with E-state index in [1.165, 1.54) is 0 Å². The van der Waals surface area contributed by atoms with E-state index in [1.54, 1.807) is 19.1 Å². The molecule has 111 valence electrons. The zero-order chi connectivity index (χ0) is 14.7. The van der Waals surface area contributed by atoms with Gasteiger partial charge in [-0.3, -0.25) is 4.79 Å². The van der Waals surface area contributed by atoms with Crippen LogP contribution >= 0.6 is 0 Å². The van der Waals surface area contributed by atoms with Crippen molar-refractivity contribution in [3.63, 3.8) is 0 Å². The van der Waals surface area contributed by atoms with E-state index in [1.807, 2.05) is 32.0 Å². The number of amides is 1. The fourth-order valence-corrected chi connectivity index (χ4v) is 2.29. The molecule has 0 fully saturated rings. The van der Waals surface area contributed by atoms with Gasteiger partial charge in [-0.1, -0.05) is 20.3 Å². The molecule has 0 N–H and O–H groups in total. The summed E-state index contributed by atoms with van der Waals surface area (Å²) in [5.74, 6) is 0.901. The maximum atomic E-state index is 12.1. The third-order valence-electron chi connectivity index (χ3n) is 3.46. The molecule has 5 heteroatoms. The van der Waals surface area contributed by atoms with Crippen LogP contribution in [0.4, 0.5) is 0 Å². The molecule has 1 unspecified atom stereocenters. The fourth-order valence-electron chi connectivity index (χ4n) is 2.29. The van der Waals surface area contributed by atoms with Gasteiger partial charge in [0.2, 0.25) is 5.91 Å². The van der Waals surface area contributed by atoms with E-state index in [0.29, 0.717) is 6.42 Å². The second kappa shape index (κ2) is 8.07. The van der Waals surface area contributed by atoms with Gasteiger partial charge >= 0.3 is 0 Å². The fraction of sp³-hybridized carbons (Fsp3) is 0.438. The first-order chi connectivity index (χ1) is 9.54. The predicted molar refractivity (Wildman–Crippen MR) is 76.9 cm³/mol. The number of hydrogen-bond acceptors (Lipinski definition) is 3. The third-order valence-corrected chi connectivity index (χ3v) is 3.46. The van der Waals surface area contributed by atoms with Crippen molar-refractivity contribution < 1.29 is 47.0 Å². The van der Waals surface area contributed by atoms with Crippen molar-refractivity contribution in [2.24, 2.45) is 5.92 Å². The third kappa shape index (κ3) is 4.15. The number of methoxy groups -OCH3 is 1. The van der Waals surface area contributed by atoms with E-state index >= 15 is 0 Å². The molecule has 1 aromatic rings. The van der Waals surface area contributed by atoms with E-state index in [4.69, 9.17) is 9.47 Å². The Hall–Kier alpha value is -0.706. The van der Waals surface area contributed by atoms with Crippen LogP contribution in [0.5, 0.6) is 5.75 Å². The first kappa shape index (κ1) is 18.3. The molecule has 1 heterocycles.